The zero-order chi connectivity index (χ0) is 24.1. The number of hydrogen-bond acceptors (Lipinski definition) is 7. The normalized spacial score (nSPS) is 13.7. The van der Waals surface area contributed by atoms with Gasteiger partial charge in [0.05, 0.1) is 19.8 Å². The van der Waals surface area contributed by atoms with Gasteiger partial charge in [-0.05, 0) is 35.1 Å². The number of nitrogens with one attached hydrogen (secondary N) is 1. The summed E-state index contributed by atoms with van der Waals surface area (Å²) in [6, 6.07) is 16.2. The van der Waals surface area contributed by atoms with Crippen molar-refractivity contribution in [1.29, 1.82) is 0 Å². The van der Waals surface area contributed by atoms with Crippen molar-refractivity contribution in [3.63, 3.8) is 0 Å². The Kier molecular flexibility index (Phi) is 6.79. The fraction of sp³-hybridized carbons (Fsp3) is 0.269. The number of methoxy groups -OCH3 is 2. The van der Waals surface area contributed by atoms with Gasteiger partial charge in [-0.1, -0.05) is 61.2 Å². The maximum Gasteiger partial charge on any atom is 0.323 e. The van der Waals surface area contributed by atoms with Crippen molar-refractivity contribution in [2.75, 3.05) is 14.2 Å². The molecule has 1 fully saturated rings. The quantitative estimate of drug-likeness (QED) is 0.440. The average molecular weight is 462 g/mol. The predicted octanol–water partition coefficient (Wildman–Crippen LogP) is 4.09. The van der Waals surface area contributed by atoms with Crippen LogP contribution in [0.3, 0.4) is 0 Å². The summed E-state index contributed by atoms with van der Waals surface area (Å²) in [6.45, 7) is 4.39. The SMILES string of the molecule is C=Cc1c(COc2nc(OC)c(CNC3(C(=O)O)CC3)c(OC)n2)cccc1-c1ccccc1. The monoisotopic (exact) mass is 461 g/mol. The van der Waals surface area contributed by atoms with Crippen molar-refractivity contribution in [2.45, 2.75) is 31.5 Å². The molecular weight excluding hydrogens is 434 g/mol. The van der Waals surface area contributed by atoms with Gasteiger partial charge in [0.2, 0.25) is 11.8 Å². The number of ether oxygens (including phenoxy) is 3. The molecule has 176 valence electrons. The fourth-order valence-corrected chi connectivity index (χ4v) is 3.82. The first kappa shape index (κ1) is 23.3. The van der Waals surface area contributed by atoms with Crippen LogP contribution in [-0.4, -0.2) is 40.8 Å². The number of benzene rings is 2. The molecule has 1 aliphatic carbocycles. The molecule has 0 radical (unpaired) electrons. The van der Waals surface area contributed by atoms with Gasteiger partial charge in [-0.25, -0.2) is 0 Å². The van der Waals surface area contributed by atoms with Crippen LogP contribution >= 0.6 is 0 Å². The van der Waals surface area contributed by atoms with Gasteiger partial charge in [0.15, 0.2) is 0 Å². The van der Waals surface area contributed by atoms with Crippen molar-refractivity contribution < 1.29 is 24.1 Å². The molecule has 8 heteroatoms. The molecule has 0 saturated heterocycles. The maximum atomic E-state index is 11.5. The second-order valence-electron chi connectivity index (χ2n) is 7.98. The summed E-state index contributed by atoms with van der Waals surface area (Å²) in [7, 11) is 2.97. The summed E-state index contributed by atoms with van der Waals surface area (Å²) in [6.07, 6.45) is 2.96. The lowest BCUT2D eigenvalue weighted by atomic mass is 9.96. The Morgan fingerprint density at radius 2 is 1.76 bits per heavy atom. The Bertz CT molecular complexity index is 1170. The first-order chi connectivity index (χ1) is 16.5. The summed E-state index contributed by atoms with van der Waals surface area (Å²) in [5.41, 5.74) is 3.67. The molecule has 2 aromatic carbocycles. The highest BCUT2D eigenvalue weighted by atomic mass is 16.5. The van der Waals surface area contributed by atoms with Gasteiger partial charge < -0.3 is 19.3 Å². The van der Waals surface area contributed by atoms with Gasteiger partial charge in [0, 0.05) is 6.54 Å². The maximum absolute atomic E-state index is 11.5. The van der Waals surface area contributed by atoms with Crippen molar-refractivity contribution >= 4 is 12.0 Å². The van der Waals surface area contributed by atoms with E-state index in [0.717, 1.165) is 22.3 Å². The lowest BCUT2D eigenvalue weighted by Gasteiger charge is -2.17. The number of carboxylic acids is 1. The molecule has 0 aliphatic heterocycles. The van der Waals surface area contributed by atoms with E-state index in [9.17, 15) is 9.90 Å². The van der Waals surface area contributed by atoms with Crippen LogP contribution in [-0.2, 0) is 17.9 Å². The molecule has 1 aliphatic rings. The Morgan fingerprint density at radius 1 is 1.09 bits per heavy atom. The smallest absolute Gasteiger partial charge is 0.323 e. The summed E-state index contributed by atoms with van der Waals surface area (Å²) in [5.74, 6) is -0.350. The third kappa shape index (κ3) is 4.72. The van der Waals surface area contributed by atoms with E-state index in [1.807, 2.05) is 42.5 Å². The number of nitrogens with zero attached hydrogens (tertiary/aromatic N) is 2. The molecule has 8 nitrogen and oxygen atoms in total. The van der Waals surface area contributed by atoms with E-state index in [-0.39, 0.29) is 30.9 Å². The number of carbonyl (C=O) groups is 1. The summed E-state index contributed by atoms with van der Waals surface area (Å²) < 4.78 is 16.8. The van der Waals surface area contributed by atoms with Crippen LogP contribution in [0, 0.1) is 0 Å². The van der Waals surface area contributed by atoms with Crippen LogP contribution in [0.4, 0.5) is 0 Å². The highest BCUT2D eigenvalue weighted by Crippen LogP contribution is 2.37. The molecule has 4 rings (SSSR count). The first-order valence-electron chi connectivity index (χ1n) is 10.9. The van der Waals surface area contributed by atoms with Crippen molar-refractivity contribution in [3.8, 4) is 28.9 Å². The lowest BCUT2D eigenvalue weighted by Crippen LogP contribution is -2.38. The van der Waals surface area contributed by atoms with Crippen LogP contribution in [0.1, 0.15) is 29.5 Å². The average Bonchev–Trinajstić information content (AvgIpc) is 3.67. The molecule has 1 aromatic heterocycles. The third-order valence-corrected chi connectivity index (χ3v) is 5.90. The molecule has 1 saturated carbocycles. The summed E-state index contributed by atoms with van der Waals surface area (Å²) in [5, 5.41) is 12.5. The zero-order valence-electron chi connectivity index (χ0n) is 19.2. The van der Waals surface area contributed by atoms with E-state index in [0.29, 0.717) is 18.4 Å². The second-order valence-corrected chi connectivity index (χ2v) is 7.98. The largest absolute Gasteiger partial charge is 0.481 e. The van der Waals surface area contributed by atoms with Crippen LogP contribution in [0.2, 0.25) is 0 Å². The number of carboxylic acid groups (broad SMARTS) is 1. The van der Waals surface area contributed by atoms with Gasteiger partial charge in [-0.3, -0.25) is 10.1 Å². The first-order valence-corrected chi connectivity index (χ1v) is 10.9. The molecule has 34 heavy (non-hydrogen) atoms. The van der Waals surface area contributed by atoms with Gasteiger partial charge in [0.1, 0.15) is 12.1 Å². The van der Waals surface area contributed by atoms with E-state index in [2.05, 4.69) is 34.0 Å². The van der Waals surface area contributed by atoms with Gasteiger partial charge >= 0.3 is 12.0 Å². The Balaban J connectivity index is 1.56. The number of aliphatic carboxylic acids is 1. The van der Waals surface area contributed by atoms with Crippen LogP contribution < -0.4 is 19.5 Å². The zero-order valence-corrected chi connectivity index (χ0v) is 19.2. The van der Waals surface area contributed by atoms with Crippen molar-refractivity contribution in [1.82, 2.24) is 15.3 Å². The lowest BCUT2D eigenvalue weighted by molar-refractivity contribution is -0.140. The van der Waals surface area contributed by atoms with E-state index in [4.69, 9.17) is 14.2 Å². The number of aromatic nitrogens is 2. The van der Waals surface area contributed by atoms with Gasteiger partial charge in [-0.15, -0.1) is 0 Å². The van der Waals surface area contributed by atoms with Gasteiger partial charge in [0.25, 0.3) is 0 Å². The van der Waals surface area contributed by atoms with Crippen molar-refractivity contribution in [2.24, 2.45) is 0 Å². The minimum absolute atomic E-state index is 0.0944. The van der Waals surface area contributed by atoms with E-state index < -0.39 is 11.5 Å². The molecule has 0 atom stereocenters. The van der Waals surface area contributed by atoms with E-state index in [1.165, 1.54) is 14.2 Å². The molecule has 0 bridgehead atoms. The molecular formula is C26H27N3O5. The highest BCUT2D eigenvalue weighted by Gasteiger charge is 2.50. The van der Waals surface area contributed by atoms with Crippen LogP contribution in [0.25, 0.3) is 17.2 Å². The third-order valence-electron chi connectivity index (χ3n) is 5.90. The summed E-state index contributed by atoms with van der Waals surface area (Å²) >= 11 is 0. The topological polar surface area (TPSA) is 103 Å². The molecule has 2 N–H and O–H groups in total. The van der Waals surface area contributed by atoms with Crippen LogP contribution in [0.15, 0.2) is 55.1 Å². The molecule has 0 amide bonds. The Labute approximate surface area is 198 Å². The minimum atomic E-state index is -0.907. The molecule has 1 heterocycles. The van der Waals surface area contributed by atoms with E-state index >= 15 is 0 Å². The number of hydrogen-bond donors (Lipinski definition) is 2. The molecule has 0 unspecified atom stereocenters. The standard InChI is InChI=1S/C26H27N3O5/c1-4-19-18(11-8-12-20(19)17-9-6-5-7-10-17)16-34-25-28-22(32-2)21(23(29-25)33-3)15-27-26(13-14-26)24(30)31/h4-12,27H,1,13-16H2,2-3H3,(H,30,31). The minimum Gasteiger partial charge on any atom is -0.481 e. The Morgan fingerprint density at radius 3 is 2.32 bits per heavy atom. The summed E-state index contributed by atoms with van der Waals surface area (Å²) in [4.78, 5) is 20.2. The van der Waals surface area contributed by atoms with Gasteiger partial charge in [-0.2, -0.15) is 9.97 Å². The molecule has 3 aromatic rings. The molecule has 0 spiro atoms. The fourth-order valence-electron chi connectivity index (χ4n) is 3.82. The highest BCUT2D eigenvalue weighted by molar-refractivity contribution is 5.82. The Hall–Kier alpha value is -3.91. The second kappa shape index (κ2) is 9.93. The predicted molar refractivity (Wildman–Crippen MR) is 128 cm³/mol. The van der Waals surface area contributed by atoms with Crippen molar-refractivity contribution in [3.05, 3.63) is 71.8 Å². The number of rotatable bonds is 11. The van der Waals surface area contributed by atoms with Crippen LogP contribution in [0.5, 0.6) is 17.8 Å². The van der Waals surface area contributed by atoms with E-state index in [1.54, 1.807) is 0 Å².